The van der Waals surface area contributed by atoms with E-state index in [2.05, 4.69) is 21.5 Å². The van der Waals surface area contributed by atoms with E-state index in [1.54, 1.807) is 23.2 Å². The van der Waals surface area contributed by atoms with Crippen molar-refractivity contribution in [2.24, 2.45) is 0 Å². The number of piperazine rings is 1. The van der Waals surface area contributed by atoms with Gasteiger partial charge in [0.15, 0.2) is 5.65 Å². The van der Waals surface area contributed by atoms with Gasteiger partial charge in [0, 0.05) is 31.9 Å². The molecule has 1 amide bonds. The molecule has 11 heteroatoms. The molecule has 0 bridgehead atoms. The fraction of sp³-hybridized carbons (Fsp3) is 0.250. The van der Waals surface area contributed by atoms with E-state index in [4.69, 9.17) is 11.6 Å². The summed E-state index contributed by atoms with van der Waals surface area (Å²) in [5, 5.41) is 11.0. The van der Waals surface area contributed by atoms with E-state index in [0.717, 1.165) is 5.56 Å². The molecule has 1 saturated heterocycles. The Morgan fingerprint density at radius 1 is 1.23 bits per heavy atom. The number of benzene rings is 1. The van der Waals surface area contributed by atoms with Crippen molar-refractivity contribution < 1.29 is 14.3 Å². The fourth-order valence-corrected chi connectivity index (χ4v) is 5.19. The van der Waals surface area contributed by atoms with Crippen LogP contribution in [0.3, 0.4) is 0 Å². The Kier molecular flexibility index (Phi) is 7.05. The zero-order chi connectivity index (χ0) is 27.8. The maximum absolute atomic E-state index is 14.9. The van der Waals surface area contributed by atoms with E-state index in [9.17, 15) is 19.1 Å². The molecule has 0 aliphatic carbocycles. The summed E-state index contributed by atoms with van der Waals surface area (Å²) in [6.07, 6.45) is 3.43. The number of aromatic hydroxyl groups is 1. The largest absolute Gasteiger partial charge is 0.507 e. The molecule has 0 unspecified atom stereocenters. The molecule has 1 aromatic carbocycles. The van der Waals surface area contributed by atoms with Crippen molar-refractivity contribution in [2.45, 2.75) is 26.3 Å². The second-order valence-electron chi connectivity index (χ2n) is 9.25. The Labute approximate surface area is 228 Å². The van der Waals surface area contributed by atoms with E-state index in [0.29, 0.717) is 43.1 Å². The zero-order valence-electron chi connectivity index (χ0n) is 21.4. The van der Waals surface area contributed by atoms with Gasteiger partial charge in [0.2, 0.25) is 5.91 Å². The maximum atomic E-state index is 14.9. The van der Waals surface area contributed by atoms with Gasteiger partial charge in [-0.1, -0.05) is 37.2 Å². The molecule has 200 valence electrons. The lowest BCUT2D eigenvalue weighted by atomic mass is 10.1. The number of hydrogen-bond donors (Lipinski definition) is 1. The lowest BCUT2D eigenvalue weighted by molar-refractivity contribution is -0.126. The standard InChI is InChI=1S/C28H26ClFN6O3/c1-4-17-8-7-11-31-25(17)36-27-18(14-19(29)24(32-27)23-20(30)9-6-10-21(23)37)26(33-28(36)39)35-13-12-34(15-16(35)3)22(38)5-2/h5-11,14,16,37H,2,4,12-13,15H2,1,3H3/t16-/m0/s1. The van der Waals surface area contributed by atoms with Gasteiger partial charge in [-0.05, 0) is 49.2 Å². The first kappa shape index (κ1) is 26.3. The highest BCUT2D eigenvalue weighted by molar-refractivity contribution is 6.34. The number of aryl methyl sites for hydroxylation is 1. The second-order valence-corrected chi connectivity index (χ2v) is 9.66. The first-order valence-corrected chi connectivity index (χ1v) is 12.9. The summed E-state index contributed by atoms with van der Waals surface area (Å²) < 4.78 is 16.2. The first-order valence-electron chi connectivity index (χ1n) is 12.5. The molecule has 1 atom stereocenters. The average molecular weight is 549 g/mol. The number of amides is 1. The summed E-state index contributed by atoms with van der Waals surface area (Å²) in [6.45, 7) is 8.65. The molecule has 39 heavy (non-hydrogen) atoms. The molecular weight excluding hydrogens is 523 g/mol. The monoisotopic (exact) mass is 548 g/mol. The van der Waals surface area contributed by atoms with E-state index < -0.39 is 11.5 Å². The summed E-state index contributed by atoms with van der Waals surface area (Å²) in [7, 11) is 0. The van der Waals surface area contributed by atoms with Gasteiger partial charge in [-0.2, -0.15) is 4.98 Å². The molecule has 4 aromatic rings. The SMILES string of the molecule is C=CC(=O)N1CCN(c2nc(=O)n(-c3ncccc3CC)c3nc(-c4c(O)cccc4F)c(Cl)cc23)[C@@H](C)C1. The third-order valence-electron chi connectivity index (χ3n) is 6.88. The number of rotatable bonds is 5. The van der Waals surface area contributed by atoms with Gasteiger partial charge in [0.05, 0.1) is 21.7 Å². The van der Waals surface area contributed by atoms with Crippen LogP contribution < -0.4 is 10.6 Å². The van der Waals surface area contributed by atoms with Crippen LogP contribution in [0.25, 0.3) is 28.1 Å². The number of hydrogen-bond acceptors (Lipinski definition) is 7. The van der Waals surface area contributed by atoms with Crippen LogP contribution in [-0.4, -0.2) is 61.1 Å². The highest BCUT2D eigenvalue weighted by atomic mass is 35.5. The van der Waals surface area contributed by atoms with Gasteiger partial charge in [-0.15, -0.1) is 0 Å². The van der Waals surface area contributed by atoms with Crippen molar-refractivity contribution in [3.8, 4) is 22.8 Å². The molecule has 1 N–H and O–H groups in total. The van der Waals surface area contributed by atoms with E-state index in [-0.39, 0.29) is 39.6 Å². The average Bonchev–Trinajstić information content (AvgIpc) is 2.92. The molecule has 5 rings (SSSR count). The summed E-state index contributed by atoms with van der Waals surface area (Å²) in [5.74, 6) is -0.526. The van der Waals surface area contributed by atoms with Crippen LogP contribution in [0, 0.1) is 5.82 Å². The number of pyridine rings is 2. The Bertz CT molecular complexity index is 1650. The highest BCUT2D eigenvalue weighted by Crippen LogP contribution is 2.38. The topological polar surface area (TPSA) is 104 Å². The third kappa shape index (κ3) is 4.61. The molecule has 9 nitrogen and oxygen atoms in total. The first-order chi connectivity index (χ1) is 18.7. The minimum absolute atomic E-state index is 0.0199. The Morgan fingerprint density at radius 3 is 2.72 bits per heavy atom. The third-order valence-corrected chi connectivity index (χ3v) is 7.16. The highest BCUT2D eigenvalue weighted by Gasteiger charge is 2.30. The van der Waals surface area contributed by atoms with Crippen LogP contribution in [0.1, 0.15) is 19.4 Å². The van der Waals surface area contributed by atoms with Gasteiger partial charge >= 0.3 is 5.69 Å². The van der Waals surface area contributed by atoms with Gasteiger partial charge in [0.25, 0.3) is 0 Å². The van der Waals surface area contributed by atoms with Gasteiger partial charge in [0.1, 0.15) is 23.2 Å². The van der Waals surface area contributed by atoms with Gasteiger partial charge in [-0.3, -0.25) is 4.79 Å². The van der Waals surface area contributed by atoms with Crippen LogP contribution >= 0.6 is 11.6 Å². The lowest BCUT2D eigenvalue weighted by Crippen LogP contribution is -2.54. The van der Waals surface area contributed by atoms with E-state index in [1.165, 1.54) is 28.8 Å². The summed E-state index contributed by atoms with van der Waals surface area (Å²) in [6, 6.07) is 8.92. The van der Waals surface area contributed by atoms with Crippen LogP contribution in [0.4, 0.5) is 10.2 Å². The molecule has 0 saturated carbocycles. The molecule has 0 spiro atoms. The molecule has 1 aliphatic heterocycles. The number of halogens is 2. The Morgan fingerprint density at radius 2 is 2.03 bits per heavy atom. The quantitative estimate of drug-likeness (QED) is 0.374. The molecular formula is C28H26ClFN6O3. The zero-order valence-corrected chi connectivity index (χ0v) is 22.2. The fourth-order valence-electron chi connectivity index (χ4n) is 4.95. The van der Waals surface area contributed by atoms with Crippen molar-refractivity contribution in [1.29, 1.82) is 0 Å². The number of carbonyl (C=O) groups is 1. The van der Waals surface area contributed by atoms with Crippen molar-refractivity contribution in [3.05, 3.63) is 82.1 Å². The van der Waals surface area contributed by atoms with Crippen LogP contribution in [0.5, 0.6) is 5.75 Å². The Balaban J connectivity index is 1.79. The predicted molar refractivity (Wildman–Crippen MR) is 148 cm³/mol. The minimum atomic E-state index is -0.712. The Hall–Kier alpha value is -4.31. The molecule has 1 aliphatic rings. The molecule has 3 aromatic heterocycles. The summed E-state index contributed by atoms with van der Waals surface area (Å²) in [5.41, 5.74) is 0.128. The normalized spacial score (nSPS) is 15.5. The van der Waals surface area contributed by atoms with Crippen molar-refractivity contribution in [1.82, 2.24) is 24.4 Å². The minimum Gasteiger partial charge on any atom is -0.507 e. The summed E-state index contributed by atoms with van der Waals surface area (Å²) >= 11 is 6.66. The number of nitrogens with zero attached hydrogens (tertiary/aromatic N) is 6. The smallest absolute Gasteiger partial charge is 0.357 e. The van der Waals surface area contributed by atoms with Crippen LogP contribution in [0.15, 0.2) is 60.0 Å². The van der Waals surface area contributed by atoms with Gasteiger partial charge in [-0.25, -0.2) is 23.7 Å². The number of carbonyl (C=O) groups excluding carboxylic acids is 1. The molecule has 0 radical (unpaired) electrons. The second kappa shape index (κ2) is 10.5. The van der Waals surface area contributed by atoms with Crippen molar-refractivity contribution >= 4 is 34.4 Å². The van der Waals surface area contributed by atoms with Crippen molar-refractivity contribution in [3.63, 3.8) is 0 Å². The number of phenols is 1. The van der Waals surface area contributed by atoms with E-state index in [1.807, 2.05) is 24.8 Å². The molecule has 4 heterocycles. The number of anilines is 1. The van der Waals surface area contributed by atoms with Gasteiger partial charge < -0.3 is 14.9 Å². The van der Waals surface area contributed by atoms with Crippen LogP contribution in [-0.2, 0) is 11.2 Å². The number of fused-ring (bicyclic) bond motifs is 1. The number of aromatic nitrogens is 4. The molecule has 1 fully saturated rings. The lowest BCUT2D eigenvalue weighted by Gasteiger charge is -2.40. The van der Waals surface area contributed by atoms with E-state index >= 15 is 0 Å². The summed E-state index contributed by atoms with van der Waals surface area (Å²) in [4.78, 5) is 43.0. The van der Waals surface area contributed by atoms with Crippen LogP contribution in [0.2, 0.25) is 5.02 Å². The maximum Gasteiger partial charge on any atom is 0.357 e. The van der Waals surface area contributed by atoms with Crippen molar-refractivity contribution in [2.75, 3.05) is 24.5 Å². The number of phenolic OH excluding ortho intramolecular Hbond substituents is 1. The predicted octanol–water partition coefficient (Wildman–Crippen LogP) is 4.13.